The lowest BCUT2D eigenvalue weighted by Crippen LogP contribution is -2.29. The monoisotopic (exact) mass is 850 g/mol. The number of nitrogens with two attached hydrogens (primary N) is 1. The van der Waals surface area contributed by atoms with E-state index in [1.807, 2.05) is 12.2 Å². The zero-order valence-corrected chi connectivity index (χ0v) is 37.9. The van der Waals surface area contributed by atoms with Crippen LogP contribution in [-0.4, -0.2) is 60.5 Å². The van der Waals surface area contributed by atoms with Gasteiger partial charge in [-0.1, -0.05) is 127 Å². The van der Waals surface area contributed by atoms with Gasteiger partial charge in [-0.05, 0) is 82.8 Å². The number of aliphatic hydroxyl groups is 1. The van der Waals surface area contributed by atoms with Crippen LogP contribution in [0.3, 0.4) is 0 Å². The highest BCUT2D eigenvalue weighted by molar-refractivity contribution is 7.47. The minimum atomic E-state index is -4.44. The number of hydrogen-bond acceptors (Lipinski definition) is 10. The Labute approximate surface area is 356 Å². The van der Waals surface area contributed by atoms with E-state index in [2.05, 4.69) is 52.0 Å². The van der Waals surface area contributed by atoms with Gasteiger partial charge in [-0.3, -0.25) is 18.6 Å². The zero-order chi connectivity index (χ0) is 43.4. The number of allylic oxidation sites excluding steroid dienone is 7. The number of phosphoric ester groups is 1. The van der Waals surface area contributed by atoms with Crippen molar-refractivity contribution in [3.63, 3.8) is 0 Å². The number of unbranched alkanes of at least 4 members (excludes halogenated alkanes) is 12. The first-order valence-electron chi connectivity index (χ1n) is 22.6. The van der Waals surface area contributed by atoms with Crippen LogP contribution in [0, 0.1) is 13.8 Å². The van der Waals surface area contributed by atoms with Gasteiger partial charge in [0.25, 0.3) is 0 Å². The van der Waals surface area contributed by atoms with E-state index in [4.69, 9.17) is 28.7 Å². The molecule has 0 radical (unpaired) electrons. The number of aryl methyl sites for hydroxylation is 2. The third kappa shape index (κ3) is 30.0. The number of carbonyl (C=O) groups excluding carboxylic acids is 2. The highest BCUT2D eigenvalue weighted by Crippen LogP contribution is 2.43. The topological polar surface area (TPSA) is 168 Å². The van der Waals surface area contributed by atoms with Gasteiger partial charge in [0.2, 0.25) is 0 Å². The molecule has 4 N–H and O–H groups in total. The maximum Gasteiger partial charge on any atom is 0.472 e. The molecule has 1 rings (SSSR count). The Bertz CT molecular complexity index is 1400. The molecule has 59 heavy (non-hydrogen) atoms. The van der Waals surface area contributed by atoms with Crippen molar-refractivity contribution in [3.8, 4) is 0 Å². The van der Waals surface area contributed by atoms with Crippen molar-refractivity contribution < 1.29 is 47.1 Å². The summed E-state index contributed by atoms with van der Waals surface area (Å²) in [7, 11) is -4.44. The second kappa shape index (κ2) is 35.9. The number of rotatable bonds is 38. The number of hydrogen-bond donors (Lipinski definition) is 3. The van der Waals surface area contributed by atoms with E-state index in [9.17, 15) is 24.2 Å². The van der Waals surface area contributed by atoms with Crippen molar-refractivity contribution in [3.05, 3.63) is 71.3 Å². The Morgan fingerprint density at radius 3 is 1.95 bits per heavy atom. The summed E-state index contributed by atoms with van der Waals surface area (Å²) in [6, 6.07) is 0. The Kier molecular flexibility index (Phi) is 33.0. The fourth-order valence-electron chi connectivity index (χ4n) is 6.33. The lowest BCUT2D eigenvalue weighted by molar-refractivity contribution is -0.161. The first-order valence-corrected chi connectivity index (χ1v) is 24.1. The second-order valence-electron chi connectivity index (χ2n) is 15.3. The molecule has 1 unspecified atom stereocenters. The Hall–Kier alpha value is -2.79. The predicted molar refractivity (Wildman–Crippen MR) is 238 cm³/mol. The molecule has 0 aromatic carbocycles. The Balaban J connectivity index is 2.34. The minimum Gasteiger partial charge on any atom is -0.466 e. The van der Waals surface area contributed by atoms with Crippen LogP contribution in [0.15, 0.2) is 53.0 Å². The van der Waals surface area contributed by atoms with E-state index in [0.717, 1.165) is 82.1 Å². The molecular formula is C47H80NO10P. The number of carbonyl (C=O) groups is 2. The van der Waals surface area contributed by atoms with E-state index in [1.165, 1.54) is 56.1 Å². The van der Waals surface area contributed by atoms with Gasteiger partial charge in [0.1, 0.15) is 18.1 Å². The molecule has 0 aliphatic heterocycles. The number of aliphatic hydroxyl groups excluding tert-OH is 1. The molecule has 0 saturated carbocycles. The number of esters is 2. The molecule has 11 nitrogen and oxygen atoms in total. The van der Waals surface area contributed by atoms with Crippen LogP contribution in [0.2, 0.25) is 0 Å². The Morgan fingerprint density at radius 1 is 0.712 bits per heavy atom. The lowest BCUT2D eigenvalue weighted by Gasteiger charge is -2.20. The molecule has 0 saturated heterocycles. The van der Waals surface area contributed by atoms with Crippen LogP contribution >= 0.6 is 7.82 Å². The van der Waals surface area contributed by atoms with E-state index >= 15 is 0 Å². The molecule has 12 heteroatoms. The van der Waals surface area contributed by atoms with Gasteiger partial charge in [-0.2, -0.15) is 0 Å². The van der Waals surface area contributed by atoms with E-state index in [0.29, 0.717) is 19.3 Å². The van der Waals surface area contributed by atoms with E-state index in [-0.39, 0.29) is 32.6 Å². The van der Waals surface area contributed by atoms with Gasteiger partial charge in [0, 0.05) is 32.2 Å². The predicted octanol–water partition coefficient (Wildman–Crippen LogP) is 11.3. The van der Waals surface area contributed by atoms with Gasteiger partial charge in [0.15, 0.2) is 6.10 Å². The summed E-state index contributed by atoms with van der Waals surface area (Å²) < 4.78 is 38.9. The first-order chi connectivity index (χ1) is 28.5. The smallest absolute Gasteiger partial charge is 0.466 e. The quantitative estimate of drug-likeness (QED) is 0.0190. The molecule has 0 bridgehead atoms. The van der Waals surface area contributed by atoms with Crippen LogP contribution in [-0.2, 0) is 45.5 Å². The normalized spacial score (nSPS) is 14.2. The van der Waals surface area contributed by atoms with Crippen molar-refractivity contribution in [2.75, 3.05) is 26.4 Å². The summed E-state index contributed by atoms with van der Waals surface area (Å²) in [5, 5.41) is 10.3. The van der Waals surface area contributed by atoms with Gasteiger partial charge < -0.3 is 29.6 Å². The zero-order valence-electron chi connectivity index (χ0n) is 37.1. The summed E-state index contributed by atoms with van der Waals surface area (Å²) in [4.78, 5) is 35.0. The summed E-state index contributed by atoms with van der Waals surface area (Å²) in [5.41, 5.74) is 7.98. The van der Waals surface area contributed by atoms with Crippen molar-refractivity contribution in [2.45, 2.75) is 188 Å². The fraction of sp³-hybridized carbons (Fsp3) is 0.702. The van der Waals surface area contributed by atoms with Gasteiger partial charge >= 0.3 is 19.8 Å². The molecule has 0 amide bonds. The average Bonchev–Trinajstić information content (AvgIpc) is 3.48. The molecule has 1 aromatic heterocycles. The first kappa shape index (κ1) is 54.2. The van der Waals surface area contributed by atoms with E-state index in [1.54, 1.807) is 12.2 Å². The summed E-state index contributed by atoms with van der Waals surface area (Å²) in [6.07, 6.45) is 35.7. The molecule has 0 aliphatic rings. The van der Waals surface area contributed by atoms with Crippen molar-refractivity contribution in [1.29, 1.82) is 0 Å². The van der Waals surface area contributed by atoms with Gasteiger partial charge in [0.05, 0.1) is 19.3 Å². The van der Waals surface area contributed by atoms with Crippen LogP contribution in [0.1, 0.15) is 171 Å². The molecular weight excluding hydrogens is 769 g/mol. The lowest BCUT2D eigenvalue weighted by atomic mass is 10.0. The van der Waals surface area contributed by atoms with E-state index < -0.39 is 38.6 Å². The van der Waals surface area contributed by atoms with Crippen LogP contribution in [0.25, 0.3) is 0 Å². The third-order valence-electron chi connectivity index (χ3n) is 10.0. The maximum absolute atomic E-state index is 12.7. The number of furan rings is 1. The molecule has 1 heterocycles. The highest BCUT2D eigenvalue weighted by atomic mass is 31.2. The molecule has 3 atom stereocenters. The maximum atomic E-state index is 12.7. The van der Waals surface area contributed by atoms with Crippen molar-refractivity contribution in [1.82, 2.24) is 0 Å². The van der Waals surface area contributed by atoms with Crippen LogP contribution < -0.4 is 5.73 Å². The molecule has 338 valence electrons. The molecule has 1 aromatic rings. The second-order valence-corrected chi connectivity index (χ2v) is 16.8. The largest absolute Gasteiger partial charge is 0.472 e. The molecule has 0 spiro atoms. The van der Waals surface area contributed by atoms with Crippen molar-refractivity contribution >= 4 is 19.8 Å². The third-order valence-corrected chi connectivity index (χ3v) is 11.0. The average molecular weight is 850 g/mol. The summed E-state index contributed by atoms with van der Waals surface area (Å²) in [5.74, 6) is 1.25. The van der Waals surface area contributed by atoms with Crippen LogP contribution in [0.5, 0.6) is 0 Å². The highest BCUT2D eigenvalue weighted by Gasteiger charge is 2.26. The summed E-state index contributed by atoms with van der Waals surface area (Å²) >= 11 is 0. The molecule has 0 fully saturated rings. The van der Waals surface area contributed by atoms with Gasteiger partial charge in [-0.25, -0.2) is 4.57 Å². The van der Waals surface area contributed by atoms with Gasteiger partial charge in [-0.15, -0.1) is 0 Å². The van der Waals surface area contributed by atoms with Crippen molar-refractivity contribution in [2.24, 2.45) is 5.73 Å². The SMILES string of the molecule is CCCCC/C=C\C/C=C\C/C=C\C=C\[C@@H](O)CCCC(=O)OC[C@H](COP(=O)(O)OCCN)OC(=O)CCCCCCCCCCc1oc(CCCCC)c(C)c1C. The minimum absolute atomic E-state index is 0.0194. The molecule has 0 aliphatic carbocycles. The fourth-order valence-corrected chi connectivity index (χ4v) is 7.09. The Morgan fingerprint density at radius 2 is 1.29 bits per heavy atom. The van der Waals surface area contributed by atoms with Crippen LogP contribution in [0.4, 0.5) is 0 Å². The number of phosphoric acid groups is 1. The summed E-state index contributed by atoms with van der Waals surface area (Å²) in [6.45, 7) is 7.76. The number of ether oxygens (including phenoxy) is 2. The standard InChI is InChI=1S/C47H80NO10P/c1-5-7-9-10-11-12-13-14-15-16-19-22-26-30-42(49)31-29-35-46(50)54-38-43(39-56-59(52,53)55-37-36-48)57-47(51)34-28-24-21-18-17-20-23-27-33-45-41(4)40(3)44(58-45)32-25-8-6-2/h11-12,14-15,19,22,26,30,42-43,49H,5-10,13,16-18,20-21,23-25,27-29,31-39,48H2,1-4H3,(H,52,53)/b12-11-,15-14-,22-19-,30-26+/t42-,43-/m1/s1.